The zero-order valence-corrected chi connectivity index (χ0v) is 16.1. The highest BCUT2D eigenvalue weighted by Crippen LogP contribution is 2.41. The van der Waals surface area contributed by atoms with Gasteiger partial charge in [0.25, 0.3) is 5.91 Å². The number of fused-ring (bicyclic) bond motifs is 3. The summed E-state index contributed by atoms with van der Waals surface area (Å²) in [4.78, 5) is 23.1. The molecule has 1 aliphatic heterocycles. The number of carbonyl (C=O) groups is 1. The number of aromatic nitrogens is 1. The quantitative estimate of drug-likeness (QED) is 0.477. The van der Waals surface area contributed by atoms with Crippen molar-refractivity contribution in [2.24, 2.45) is 4.99 Å². The molecule has 1 amide bonds. The predicted molar refractivity (Wildman–Crippen MR) is 122 cm³/mol. The van der Waals surface area contributed by atoms with E-state index in [1.807, 2.05) is 54.7 Å². The second kappa shape index (κ2) is 7.64. The summed E-state index contributed by atoms with van der Waals surface area (Å²) in [6.07, 6.45) is 8.92. The molecule has 5 heteroatoms. The molecule has 5 nitrogen and oxygen atoms in total. The lowest BCUT2D eigenvalue weighted by Gasteiger charge is -2.23. The number of benzene rings is 3. The van der Waals surface area contributed by atoms with Gasteiger partial charge in [-0.2, -0.15) is 0 Å². The Kier molecular flexibility index (Phi) is 4.54. The van der Waals surface area contributed by atoms with Crippen molar-refractivity contribution in [3.05, 3.63) is 103 Å². The molecule has 1 N–H and O–H groups in total. The van der Waals surface area contributed by atoms with Crippen LogP contribution in [-0.2, 0) is 0 Å². The Morgan fingerprint density at radius 1 is 0.900 bits per heavy atom. The lowest BCUT2D eigenvalue weighted by Crippen LogP contribution is -2.12. The summed E-state index contributed by atoms with van der Waals surface area (Å²) in [7, 11) is 0. The summed E-state index contributed by atoms with van der Waals surface area (Å²) >= 11 is 0. The molecule has 0 unspecified atom stereocenters. The molecule has 0 atom stereocenters. The molecule has 0 bridgehead atoms. The van der Waals surface area contributed by atoms with Crippen LogP contribution in [0.4, 0.5) is 22.7 Å². The van der Waals surface area contributed by atoms with Crippen LogP contribution in [-0.4, -0.2) is 17.1 Å². The van der Waals surface area contributed by atoms with Crippen molar-refractivity contribution in [2.45, 2.75) is 0 Å². The molecule has 0 spiro atoms. The Morgan fingerprint density at radius 2 is 1.77 bits per heavy atom. The van der Waals surface area contributed by atoms with Crippen LogP contribution in [0.5, 0.6) is 0 Å². The van der Waals surface area contributed by atoms with Gasteiger partial charge in [0, 0.05) is 41.6 Å². The Labute approximate surface area is 174 Å². The third-order valence-corrected chi connectivity index (χ3v) is 4.98. The van der Waals surface area contributed by atoms with Crippen molar-refractivity contribution in [3.63, 3.8) is 0 Å². The molecule has 0 aliphatic carbocycles. The molecular weight excluding hydrogens is 372 g/mol. The maximum absolute atomic E-state index is 12.4. The molecule has 5 rings (SSSR count). The van der Waals surface area contributed by atoms with Crippen LogP contribution in [0, 0.1) is 0 Å². The van der Waals surface area contributed by atoms with E-state index in [1.54, 1.807) is 30.7 Å². The van der Waals surface area contributed by atoms with Crippen molar-refractivity contribution in [1.29, 1.82) is 0 Å². The van der Waals surface area contributed by atoms with E-state index in [9.17, 15) is 4.79 Å². The number of hydrogen-bond donors (Lipinski definition) is 1. The molecule has 30 heavy (non-hydrogen) atoms. The molecule has 144 valence electrons. The summed E-state index contributed by atoms with van der Waals surface area (Å²) < 4.78 is 0. The summed E-state index contributed by atoms with van der Waals surface area (Å²) in [6.45, 7) is 0. The Bertz CT molecular complexity index is 1280. The standard InChI is InChI=1S/C25H18N4O/c30-25(19-6-3-14-26-17-19)28-20-9-11-21(12-10-20)29-16-4-15-27-23-13-8-18-5-1-2-7-22(18)24(23)29/h1-17H,(H,28,30). The maximum atomic E-state index is 12.4. The highest BCUT2D eigenvalue weighted by atomic mass is 16.1. The van der Waals surface area contributed by atoms with Crippen LogP contribution in [0.15, 0.2) is 102 Å². The van der Waals surface area contributed by atoms with Gasteiger partial charge in [-0.3, -0.25) is 14.8 Å². The topological polar surface area (TPSA) is 57.6 Å². The van der Waals surface area contributed by atoms with Gasteiger partial charge in [-0.1, -0.05) is 30.3 Å². The van der Waals surface area contributed by atoms with Gasteiger partial charge in [0.05, 0.1) is 16.9 Å². The second-order valence-electron chi connectivity index (χ2n) is 6.89. The smallest absolute Gasteiger partial charge is 0.257 e. The summed E-state index contributed by atoms with van der Waals surface area (Å²) in [5.74, 6) is -0.185. The first-order valence-electron chi connectivity index (χ1n) is 9.63. The number of nitrogens with one attached hydrogen (secondary N) is 1. The number of rotatable bonds is 3. The van der Waals surface area contributed by atoms with Gasteiger partial charge in [0.2, 0.25) is 0 Å². The van der Waals surface area contributed by atoms with Crippen molar-refractivity contribution >= 4 is 45.6 Å². The highest BCUT2D eigenvalue weighted by Gasteiger charge is 2.16. The molecule has 2 heterocycles. The monoisotopic (exact) mass is 390 g/mol. The van der Waals surface area contributed by atoms with Crippen LogP contribution >= 0.6 is 0 Å². The average molecular weight is 390 g/mol. The highest BCUT2D eigenvalue weighted by molar-refractivity contribution is 6.05. The number of allylic oxidation sites excluding steroid dienone is 1. The van der Waals surface area contributed by atoms with Gasteiger partial charge in [-0.25, -0.2) is 0 Å². The van der Waals surface area contributed by atoms with Gasteiger partial charge in [-0.05, 0) is 53.9 Å². The predicted octanol–water partition coefficient (Wildman–Crippen LogP) is 5.85. The lowest BCUT2D eigenvalue weighted by atomic mass is 10.1. The maximum Gasteiger partial charge on any atom is 0.257 e. The first kappa shape index (κ1) is 17.8. The fraction of sp³-hybridized carbons (Fsp3) is 0. The zero-order valence-electron chi connectivity index (χ0n) is 16.1. The zero-order chi connectivity index (χ0) is 20.3. The number of pyridine rings is 1. The number of nitrogens with zero attached hydrogens (tertiary/aromatic N) is 3. The molecular formula is C25H18N4O. The number of anilines is 3. The van der Waals surface area contributed by atoms with Gasteiger partial charge in [0.1, 0.15) is 0 Å². The number of carbonyl (C=O) groups excluding carboxylic acids is 1. The lowest BCUT2D eigenvalue weighted by molar-refractivity contribution is 0.102. The van der Waals surface area contributed by atoms with Gasteiger partial charge in [-0.15, -0.1) is 0 Å². The van der Waals surface area contributed by atoms with Gasteiger partial charge in [0.15, 0.2) is 0 Å². The van der Waals surface area contributed by atoms with E-state index in [0.717, 1.165) is 33.5 Å². The SMILES string of the molecule is O=C(Nc1ccc(N2C=CC=Nc3ccc4ccccc4c32)cc1)c1cccnc1. The minimum atomic E-state index is -0.185. The molecule has 0 radical (unpaired) electrons. The van der Waals surface area contributed by atoms with Crippen LogP contribution in [0.3, 0.4) is 0 Å². The average Bonchev–Trinajstić information content (AvgIpc) is 3.03. The van der Waals surface area contributed by atoms with Crippen LogP contribution in [0.1, 0.15) is 10.4 Å². The normalized spacial score (nSPS) is 12.5. The van der Waals surface area contributed by atoms with E-state index in [-0.39, 0.29) is 5.91 Å². The summed E-state index contributed by atoms with van der Waals surface area (Å²) in [5.41, 5.74) is 4.17. The fourth-order valence-corrected chi connectivity index (χ4v) is 3.54. The molecule has 0 saturated carbocycles. The summed E-state index contributed by atoms with van der Waals surface area (Å²) in [5, 5.41) is 5.20. The Hall–Kier alpha value is -4.25. The molecule has 3 aromatic carbocycles. The minimum absolute atomic E-state index is 0.185. The first-order valence-corrected chi connectivity index (χ1v) is 9.63. The van der Waals surface area contributed by atoms with Crippen LogP contribution in [0.25, 0.3) is 10.8 Å². The number of amides is 1. The van der Waals surface area contributed by atoms with Crippen molar-refractivity contribution in [2.75, 3.05) is 10.2 Å². The third-order valence-electron chi connectivity index (χ3n) is 4.98. The van der Waals surface area contributed by atoms with Crippen LogP contribution in [0.2, 0.25) is 0 Å². The van der Waals surface area contributed by atoms with Gasteiger partial charge >= 0.3 is 0 Å². The molecule has 1 aliphatic rings. The Balaban J connectivity index is 1.48. The molecule has 1 aromatic heterocycles. The number of hydrogen-bond acceptors (Lipinski definition) is 4. The molecule has 0 fully saturated rings. The largest absolute Gasteiger partial charge is 0.322 e. The first-order chi connectivity index (χ1) is 14.8. The van der Waals surface area contributed by atoms with E-state index >= 15 is 0 Å². The van der Waals surface area contributed by atoms with E-state index in [2.05, 4.69) is 38.4 Å². The Morgan fingerprint density at radius 3 is 2.60 bits per heavy atom. The van der Waals surface area contributed by atoms with E-state index in [1.165, 1.54) is 0 Å². The minimum Gasteiger partial charge on any atom is -0.322 e. The van der Waals surface area contributed by atoms with E-state index in [4.69, 9.17) is 0 Å². The van der Waals surface area contributed by atoms with E-state index in [0.29, 0.717) is 5.56 Å². The molecule has 4 aromatic rings. The fourth-order valence-electron chi connectivity index (χ4n) is 3.54. The van der Waals surface area contributed by atoms with Gasteiger partial charge < -0.3 is 10.2 Å². The second-order valence-corrected chi connectivity index (χ2v) is 6.89. The van der Waals surface area contributed by atoms with Crippen molar-refractivity contribution in [3.8, 4) is 0 Å². The van der Waals surface area contributed by atoms with Crippen LogP contribution < -0.4 is 10.2 Å². The van der Waals surface area contributed by atoms with E-state index < -0.39 is 0 Å². The molecule has 0 saturated heterocycles. The summed E-state index contributed by atoms with van der Waals surface area (Å²) in [6, 6.07) is 23.7. The van der Waals surface area contributed by atoms with Crippen molar-refractivity contribution < 1.29 is 4.79 Å². The number of aliphatic imine (C=N–C) groups is 1. The van der Waals surface area contributed by atoms with Crippen molar-refractivity contribution in [1.82, 2.24) is 4.98 Å². The third kappa shape index (κ3) is 3.33.